The summed E-state index contributed by atoms with van der Waals surface area (Å²) in [6, 6.07) is 19.9. The van der Waals surface area contributed by atoms with Crippen molar-refractivity contribution in [2.75, 3.05) is 20.6 Å². The van der Waals surface area contributed by atoms with Crippen LogP contribution in [0.25, 0.3) is 0 Å². The number of carbonyl (C=O) groups excluding carboxylic acids is 1. The average molecular weight is 296 g/mol. The molecular weight excluding hydrogens is 272 g/mol. The van der Waals surface area contributed by atoms with Crippen molar-refractivity contribution >= 4 is 5.91 Å². The minimum atomic E-state index is -0.260. The van der Waals surface area contributed by atoms with Crippen LogP contribution < -0.4 is 5.32 Å². The Labute approximate surface area is 133 Å². The van der Waals surface area contributed by atoms with Crippen molar-refractivity contribution in [3.63, 3.8) is 0 Å². The highest BCUT2D eigenvalue weighted by molar-refractivity contribution is 5.83. The third kappa shape index (κ3) is 4.18. The SMILES string of the molecule is C[C@@H](CNC(=O)[C@H](c1ccccc1)N(C)C)c1ccccc1. The molecule has 0 aliphatic rings. The molecule has 0 saturated heterocycles. The van der Waals surface area contributed by atoms with Gasteiger partial charge in [-0.2, -0.15) is 0 Å². The fraction of sp³-hybridized carbons (Fsp3) is 0.316. The number of nitrogens with zero attached hydrogens (tertiary/aromatic N) is 1. The van der Waals surface area contributed by atoms with Crippen LogP contribution >= 0.6 is 0 Å². The molecule has 3 nitrogen and oxygen atoms in total. The molecule has 0 fully saturated rings. The van der Waals surface area contributed by atoms with Gasteiger partial charge in [0.1, 0.15) is 6.04 Å². The summed E-state index contributed by atoms with van der Waals surface area (Å²) in [5.41, 5.74) is 2.25. The van der Waals surface area contributed by atoms with Gasteiger partial charge in [0.05, 0.1) is 0 Å². The van der Waals surface area contributed by atoms with Gasteiger partial charge in [-0.3, -0.25) is 9.69 Å². The van der Waals surface area contributed by atoms with Crippen molar-refractivity contribution in [1.29, 1.82) is 0 Å². The van der Waals surface area contributed by atoms with E-state index in [-0.39, 0.29) is 11.9 Å². The maximum atomic E-state index is 12.6. The van der Waals surface area contributed by atoms with E-state index in [1.54, 1.807) is 0 Å². The van der Waals surface area contributed by atoms with Crippen LogP contribution in [-0.2, 0) is 4.79 Å². The first kappa shape index (κ1) is 16.2. The molecule has 0 spiro atoms. The monoisotopic (exact) mass is 296 g/mol. The lowest BCUT2D eigenvalue weighted by Gasteiger charge is -2.24. The maximum absolute atomic E-state index is 12.6. The van der Waals surface area contributed by atoms with E-state index in [0.717, 1.165) is 5.56 Å². The van der Waals surface area contributed by atoms with E-state index in [9.17, 15) is 4.79 Å². The van der Waals surface area contributed by atoms with Crippen molar-refractivity contribution in [1.82, 2.24) is 10.2 Å². The highest BCUT2D eigenvalue weighted by Crippen LogP contribution is 2.19. The van der Waals surface area contributed by atoms with Gasteiger partial charge >= 0.3 is 0 Å². The Bertz CT molecular complexity index is 581. The van der Waals surface area contributed by atoms with E-state index in [1.165, 1.54) is 5.56 Å². The number of nitrogens with one attached hydrogen (secondary N) is 1. The summed E-state index contributed by atoms with van der Waals surface area (Å²) in [6.45, 7) is 2.77. The van der Waals surface area contributed by atoms with Gasteiger partial charge in [-0.1, -0.05) is 67.6 Å². The molecule has 22 heavy (non-hydrogen) atoms. The zero-order valence-electron chi connectivity index (χ0n) is 13.5. The average Bonchev–Trinajstić information content (AvgIpc) is 2.54. The van der Waals surface area contributed by atoms with Gasteiger partial charge in [-0.25, -0.2) is 0 Å². The van der Waals surface area contributed by atoms with Gasteiger partial charge in [0.2, 0.25) is 5.91 Å². The van der Waals surface area contributed by atoms with Crippen molar-refractivity contribution in [3.8, 4) is 0 Å². The Morgan fingerprint density at radius 2 is 1.45 bits per heavy atom. The van der Waals surface area contributed by atoms with Gasteiger partial charge in [0.15, 0.2) is 0 Å². The number of benzene rings is 2. The van der Waals surface area contributed by atoms with Gasteiger partial charge in [-0.05, 0) is 31.1 Å². The van der Waals surface area contributed by atoms with Crippen molar-refractivity contribution in [2.24, 2.45) is 0 Å². The van der Waals surface area contributed by atoms with Crippen LogP contribution in [0.4, 0.5) is 0 Å². The number of hydrogen-bond acceptors (Lipinski definition) is 2. The standard InChI is InChI=1S/C19H24N2O/c1-15(16-10-6-4-7-11-16)14-20-19(22)18(21(2)3)17-12-8-5-9-13-17/h4-13,15,18H,14H2,1-3H3,(H,20,22)/t15-,18-/m0/s1. The Morgan fingerprint density at radius 1 is 0.955 bits per heavy atom. The van der Waals surface area contributed by atoms with E-state index < -0.39 is 0 Å². The molecule has 2 rings (SSSR count). The van der Waals surface area contributed by atoms with Gasteiger partial charge in [0.25, 0.3) is 0 Å². The molecule has 1 N–H and O–H groups in total. The van der Waals surface area contributed by atoms with E-state index in [0.29, 0.717) is 12.5 Å². The molecular formula is C19H24N2O. The van der Waals surface area contributed by atoms with Gasteiger partial charge < -0.3 is 5.32 Å². The summed E-state index contributed by atoms with van der Waals surface area (Å²) in [5.74, 6) is 0.336. The number of carbonyl (C=O) groups is 1. The number of rotatable bonds is 6. The number of likely N-dealkylation sites (N-methyl/N-ethyl adjacent to an activating group) is 1. The molecule has 0 saturated carbocycles. The van der Waals surface area contributed by atoms with E-state index in [1.807, 2.05) is 67.5 Å². The molecule has 3 heteroatoms. The molecule has 116 valence electrons. The highest BCUT2D eigenvalue weighted by Gasteiger charge is 2.22. The van der Waals surface area contributed by atoms with Crippen molar-refractivity contribution in [3.05, 3.63) is 71.8 Å². The van der Waals surface area contributed by atoms with Gasteiger partial charge in [0, 0.05) is 6.54 Å². The molecule has 0 heterocycles. The lowest BCUT2D eigenvalue weighted by Crippen LogP contribution is -2.38. The molecule has 0 radical (unpaired) electrons. The third-order valence-electron chi connectivity index (χ3n) is 3.83. The molecule has 0 aromatic heterocycles. The normalized spacial score (nSPS) is 13.6. The second kappa shape index (κ2) is 7.76. The minimum absolute atomic E-state index is 0.0407. The lowest BCUT2D eigenvalue weighted by molar-refractivity contribution is -0.125. The van der Waals surface area contributed by atoms with Crippen LogP contribution in [0.15, 0.2) is 60.7 Å². The summed E-state index contributed by atoms with van der Waals surface area (Å²) in [6.07, 6.45) is 0. The van der Waals surface area contributed by atoms with Crippen LogP contribution in [0.1, 0.15) is 30.0 Å². The minimum Gasteiger partial charge on any atom is -0.354 e. The summed E-state index contributed by atoms with van der Waals surface area (Å²) in [5, 5.41) is 3.08. The van der Waals surface area contributed by atoms with Crippen LogP contribution in [0.3, 0.4) is 0 Å². The molecule has 2 atom stereocenters. The first-order valence-corrected chi connectivity index (χ1v) is 7.63. The molecule has 0 bridgehead atoms. The second-order valence-corrected chi connectivity index (χ2v) is 5.83. The molecule has 0 aliphatic carbocycles. The molecule has 1 amide bonds. The zero-order chi connectivity index (χ0) is 15.9. The Kier molecular flexibility index (Phi) is 5.73. The van der Waals surface area contributed by atoms with Crippen LogP contribution in [0.2, 0.25) is 0 Å². The largest absolute Gasteiger partial charge is 0.354 e. The molecule has 2 aromatic carbocycles. The topological polar surface area (TPSA) is 32.3 Å². The Balaban J connectivity index is 2.00. The summed E-state index contributed by atoms with van der Waals surface area (Å²) in [4.78, 5) is 14.5. The molecule has 0 aliphatic heterocycles. The molecule has 0 unspecified atom stereocenters. The first-order valence-electron chi connectivity index (χ1n) is 7.63. The Morgan fingerprint density at radius 3 is 1.95 bits per heavy atom. The van der Waals surface area contributed by atoms with Crippen LogP contribution in [0, 0.1) is 0 Å². The third-order valence-corrected chi connectivity index (χ3v) is 3.83. The fourth-order valence-electron chi connectivity index (χ4n) is 2.57. The summed E-state index contributed by atoms with van der Waals surface area (Å²) >= 11 is 0. The van der Waals surface area contributed by atoms with Crippen LogP contribution in [-0.4, -0.2) is 31.4 Å². The first-order chi connectivity index (χ1) is 10.6. The smallest absolute Gasteiger partial charge is 0.241 e. The van der Waals surface area contributed by atoms with Crippen molar-refractivity contribution < 1.29 is 4.79 Å². The number of hydrogen-bond donors (Lipinski definition) is 1. The predicted octanol–water partition coefficient (Wildman–Crippen LogP) is 3.21. The summed E-state index contributed by atoms with van der Waals surface area (Å²) in [7, 11) is 3.86. The van der Waals surface area contributed by atoms with Gasteiger partial charge in [-0.15, -0.1) is 0 Å². The lowest BCUT2D eigenvalue weighted by atomic mass is 10.0. The van der Waals surface area contributed by atoms with E-state index in [2.05, 4.69) is 24.4 Å². The molecule has 2 aromatic rings. The van der Waals surface area contributed by atoms with E-state index in [4.69, 9.17) is 0 Å². The number of amides is 1. The van der Waals surface area contributed by atoms with Crippen LogP contribution in [0.5, 0.6) is 0 Å². The zero-order valence-corrected chi connectivity index (χ0v) is 13.5. The quantitative estimate of drug-likeness (QED) is 0.888. The van der Waals surface area contributed by atoms with Crippen molar-refractivity contribution in [2.45, 2.75) is 18.9 Å². The Hall–Kier alpha value is -2.13. The highest BCUT2D eigenvalue weighted by atomic mass is 16.2. The maximum Gasteiger partial charge on any atom is 0.241 e. The second-order valence-electron chi connectivity index (χ2n) is 5.83. The predicted molar refractivity (Wildman–Crippen MR) is 90.7 cm³/mol. The van der Waals surface area contributed by atoms with E-state index >= 15 is 0 Å². The fourth-order valence-corrected chi connectivity index (χ4v) is 2.57. The summed E-state index contributed by atoms with van der Waals surface area (Å²) < 4.78 is 0.